The molecule has 1 rings (SSSR count). The highest BCUT2D eigenvalue weighted by Gasteiger charge is 2.29. The van der Waals surface area contributed by atoms with Crippen molar-refractivity contribution in [2.45, 2.75) is 23.4 Å². The van der Waals surface area contributed by atoms with Crippen molar-refractivity contribution >= 4 is 17.7 Å². The van der Waals surface area contributed by atoms with Crippen molar-refractivity contribution in [3.8, 4) is 0 Å². The van der Waals surface area contributed by atoms with Crippen LogP contribution >= 0.6 is 11.8 Å². The van der Waals surface area contributed by atoms with Crippen molar-refractivity contribution in [2.24, 2.45) is 0 Å². The number of hydrogen-bond acceptors (Lipinski definition) is 3. The van der Waals surface area contributed by atoms with Gasteiger partial charge in [0.25, 0.3) is 0 Å². The number of nitrogens with one attached hydrogen (secondary N) is 1. The first kappa shape index (κ1) is 14.8. The van der Waals surface area contributed by atoms with Crippen molar-refractivity contribution in [2.75, 3.05) is 6.54 Å². The number of alkyl halides is 3. The SMILES string of the molecule is CCNC(C(=O)O)c1ccc(SC(F)(F)F)cc1. The fourth-order valence-corrected chi connectivity index (χ4v) is 1.95. The molecule has 0 amide bonds. The van der Waals surface area contributed by atoms with E-state index in [-0.39, 0.29) is 16.7 Å². The molecule has 0 aliphatic rings. The van der Waals surface area contributed by atoms with E-state index in [1.54, 1.807) is 6.92 Å². The molecule has 0 aromatic heterocycles. The van der Waals surface area contributed by atoms with Crippen LogP contribution in [0.2, 0.25) is 0 Å². The Kier molecular flexibility index (Phi) is 5.03. The maximum absolute atomic E-state index is 12.1. The minimum atomic E-state index is -4.34. The fraction of sp³-hybridized carbons (Fsp3) is 0.364. The quantitative estimate of drug-likeness (QED) is 0.813. The van der Waals surface area contributed by atoms with Gasteiger partial charge in [-0.25, -0.2) is 0 Å². The molecular weight excluding hydrogens is 267 g/mol. The van der Waals surface area contributed by atoms with E-state index >= 15 is 0 Å². The lowest BCUT2D eigenvalue weighted by Gasteiger charge is -2.14. The summed E-state index contributed by atoms with van der Waals surface area (Å²) in [7, 11) is 0. The highest BCUT2D eigenvalue weighted by Crippen LogP contribution is 2.36. The van der Waals surface area contributed by atoms with Crippen LogP contribution < -0.4 is 5.32 Å². The summed E-state index contributed by atoms with van der Waals surface area (Å²) < 4.78 is 36.3. The number of thioether (sulfide) groups is 1. The average Bonchev–Trinajstić information content (AvgIpc) is 2.25. The summed E-state index contributed by atoms with van der Waals surface area (Å²) in [6.07, 6.45) is 0. The fourth-order valence-electron chi connectivity index (χ4n) is 1.41. The first-order valence-electron chi connectivity index (χ1n) is 5.15. The van der Waals surface area contributed by atoms with E-state index in [1.165, 1.54) is 24.3 Å². The first-order chi connectivity index (χ1) is 8.33. The van der Waals surface area contributed by atoms with Gasteiger partial charge in [-0.2, -0.15) is 13.2 Å². The Morgan fingerprint density at radius 3 is 2.33 bits per heavy atom. The molecule has 2 N–H and O–H groups in total. The van der Waals surface area contributed by atoms with Crippen LogP contribution in [0.1, 0.15) is 18.5 Å². The van der Waals surface area contributed by atoms with E-state index in [0.29, 0.717) is 12.1 Å². The molecule has 1 aromatic carbocycles. The number of likely N-dealkylation sites (N-methyl/N-ethyl adjacent to an activating group) is 1. The van der Waals surface area contributed by atoms with Crippen LogP contribution in [0.25, 0.3) is 0 Å². The zero-order valence-corrected chi connectivity index (χ0v) is 10.3. The Bertz CT molecular complexity index is 406. The summed E-state index contributed by atoms with van der Waals surface area (Å²) in [5.74, 6) is -1.06. The van der Waals surface area contributed by atoms with Gasteiger partial charge in [-0.15, -0.1) is 0 Å². The van der Waals surface area contributed by atoms with Gasteiger partial charge in [-0.05, 0) is 36.0 Å². The van der Waals surface area contributed by atoms with Crippen LogP contribution in [0.5, 0.6) is 0 Å². The van der Waals surface area contributed by atoms with Crippen molar-refractivity contribution in [3.63, 3.8) is 0 Å². The van der Waals surface area contributed by atoms with Crippen molar-refractivity contribution in [1.29, 1.82) is 0 Å². The third-order valence-electron chi connectivity index (χ3n) is 2.10. The average molecular weight is 279 g/mol. The van der Waals surface area contributed by atoms with Crippen LogP contribution in [-0.4, -0.2) is 23.1 Å². The largest absolute Gasteiger partial charge is 0.480 e. The molecule has 1 unspecified atom stereocenters. The zero-order valence-electron chi connectivity index (χ0n) is 9.49. The summed E-state index contributed by atoms with van der Waals surface area (Å²) in [6.45, 7) is 2.21. The predicted molar refractivity (Wildman–Crippen MR) is 62.4 cm³/mol. The van der Waals surface area contributed by atoms with Crippen LogP contribution in [-0.2, 0) is 4.79 Å². The Morgan fingerprint density at radius 1 is 1.39 bits per heavy atom. The number of halogens is 3. The van der Waals surface area contributed by atoms with E-state index in [0.717, 1.165) is 0 Å². The molecule has 0 aliphatic heterocycles. The molecule has 0 saturated carbocycles. The van der Waals surface area contributed by atoms with E-state index in [4.69, 9.17) is 5.11 Å². The second kappa shape index (κ2) is 6.10. The van der Waals surface area contributed by atoms with Gasteiger partial charge in [-0.1, -0.05) is 19.1 Å². The molecular formula is C11H12F3NO2S. The molecule has 0 radical (unpaired) electrons. The second-order valence-corrected chi connectivity index (χ2v) is 4.58. The van der Waals surface area contributed by atoms with Gasteiger partial charge < -0.3 is 10.4 Å². The third kappa shape index (κ3) is 4.58. The normalized spacial score (nSPS) is 13.3. The number of carboxylic acid groups (broad SMARTS) is 1. The Labute approximate surface area is 106 Å². The van der Waals surface area contributed by atoms with E-state index < -0.39 is 17.5 Å². The number of carboxylic acids is 1. The minimum Gasteiger partial charge on any atom is -0.480 e. The van der Waals surface area contributed by atoms with Crippen LogP contribution in [0.4, 0.5) is 13.2 Å². The number of aliphatic carboxylic acids is 1. The van der Waals surface area contributed by atoms with Gasteiger partial charge in [0.15, 0.2) is 0 Å². The summed E-state index contributed by atoms with van der Waals surface area (Å²) in [4.78, 5) is 11.0. The standard InChI is InChI=1S/C11H12F3NO2S/c1-2-15-9(10(16)17)7-3-5-8(6-4-7)18-11(12,13)14/h3-6,9,15H,2H2,1H3,(H,16,17). The third-order valence-corrected chi connectivity index (χ3v) is 2.84. The summed E-state index contributed by atoms with van der Waals surface area (Å²) in [5.41, 5.74) is -3.91. The number of rotatable bonds is 5. The molecule has 0 spiro atoms. The van der Waals surface area contributed by atoms with Crippen molar-refractivity contribution < 1.29 is 23.1 Å². The van der Waals surface area contributed by atoms with Gasteiger partial charge in [0.05, 0.1) is 0 Å². The molecule has 1 aromatic rings. The highest BCUT2D eigenvalue weighted by molar-refractivity contribution is 8.00. The maximum atomic E-state index is 12.1. The molecule has 0 bridgehead atoms. The van der Waals surface area contributed by atoms with Crippen LogP contribution in [0.3, 0.4) is 0 Å². The Hall–Kier alpha value is -1.21. The van der Waals surface area contributed by atoms with Crippen LogP contribution in [0, 0.1) is 0 Å². The summed E-state index contributed by atoms with van der Waals surface area (Å²) in [5, 5.41) is 11.7. The van der Waals surface area contributed by atoms with Gasteiger partial charge in [-0.3, -0.25) is 4.79 Å². The molecule has 3 nitrogen and oxygen atoms in total. The molecule has 18 heavy (non-hydrogen) atoms. The smallest absolute Gasteiger partial charge is 0.446 e. The van der Waals surface area contributed by atoms with Gasteiger partial charge in [0.1, 0.15) is 6.04 Å². The maximum Gasteiger partial charge on any atom is 0.446 e. The van der Waals surface area contributed by atoms with E-state index in [2.05, 4.69) is 5.32 Å². The molecule has 0 aliphatic carbocycles. The first-order valence-corrected chi connectivity index (χ1v) is 5.97. The topological polar surface area (TPSA) is 49.3 Å². The molecule has 0 saturated heterocycles. The van der Waals surface area contributed by atoms with E-state index in [9.17, 15) is 18.0 Å². The molecule has 1 atom stereocenters. The van der Waals surface area contributed by atoms with Crippen LogP contribution in [0.15, 0.2) is 29.2 Å². The number of carbonyl (C=O) groups is 1. The summed E-state index contributed by atoms with van der Waals surface area (Å²) in [6, 6.07) is 4.40. The zero-order chi connectivity index (χ0) is 13.8. The van der Waals surface area contributed by atoms with Gasteiger partial charge in [0, 0.05) is 4.90 Å². The van der Waals surface area contributed by atoms with Gasteiger partial charge in [0.2, 0.25) is 0 Å². The number of hydrogen-bond donors (Lipinski definition) is 2. The van der Waals surface area contributed by atoms with Crippen molar-refractivity contribution in [3.05, 3.63) is 29.8 Å². The minimum absolute atomic E-state index is 0.0342. The van der Waals surface area contributed by atoms with Crippen molar-refractivity contribution in [1.82, 2.24) is 5.32 Å². The predicted octanol–water partition coefficient (Wildman–Crippen LogP) is 3.03. The lowest BCUT2D eigenvalue weighted by Crippen LogP contribution is -2.28. The lowest BCUT2D eigenvalue weighted by atomic mass is 10.1. The lowest BCUT2D eigenvalue weighted by molar-refractivity contribution is -0.139. The highest BCUT2D eigenvalue weighted by atomic mass is 32.2. The Balaban J connectivity index is 2.83. The molecule has 7 heteroatoms. The van der Waals surface area contributed by atoms with E-state index in [1.807, 2.05) is 0 Å². The van der Waals surface area contributed by atoms with Gasteiger partial charge >= 0.3 is 11.5 Å². The summed E-state index contributed by atoms with van der Waals surface area (Å²) >= 11 is -0.225. The monoisotopic (exact) mass is 279 g/mol. The Morgan fingerprint density at radius 2 is 1.94 bits per heavy atom. The molecule has 0 heterocycles. The molecule has 100 valence electrons. The second-order valence-electron chi connectivity index (χ2n) is 3.45. The number of benzene rings is 1. The molecule has 0 fully saturated rings.